The maximum absolute atomic E-state index is 12.2. The van der Waals surface area contributed by atoms with Gasteiger partial charge in [0, 0.05) is 11.8 Å². The summed E-state index contributed by atoms with van der Waals surface area (Å²) in [4.78, 5) is 12.2. The van der Waals surface area contributed by atoms with Crippen molar-refractivity contribution < 1.29 is 14.6 Å². The van der Waals surface area contributed by atoms with Gasteiger partial charge in [-0.25, -0.2) is 0 Å². The minimum atomic E-state index is -0.736. The predicted molar refractivity (Wildman–Crippen MR) is 114 cm³/mol. The first-order valence-corrected chi connectivity index (χ1v) is 10.2. The van der Waals surface area contributed by atoms with Crippen molar-refractivity contribution in [1.82, 2.24) is 0 Å². The van der Waals surface area contributed by atoms with Crippen molar-refractivity contribution in [3.63, 3.8) is 0 Å². The van der Waals surface area contributed by atoms with E-state index in [1.165, 1.54) is 0 Å². The molecule has 3 heteroatoms. The number of benzene rings is 3. The molecule has 1 saturated carbocycles. The molecule has 3 aromatic rings. The molecule has 1 aliphatic carbocycles. The number of carbonyl (C=O) groups is 1. The molecule has 3 aromatic carbocycles. The van der Waals surface area contributed by atoms with Crippen molar-refractivity contribution in [1.29, 1.82) is 0 Å². The van der Waals surface area contributed by atoms with Crippen LogP contribution in [-0.4, -0.2) is 17.7 Å². The molecule has 0 heterocycles. The van der Waals surface area contributed by atoms with E-state index in [2.05, 4.69) is 19.1 Å². The van der Waals surface area contributed by atoms with Crippen molar-refractivity contribution in [2.75, 3.05) is 6.61 Å². The van der Waals surface area contributed by atoms with Gasteiger partial charge in [-0.15, -0.1) is 0 Å². The second kappa shape index (κ2) is 8.62. The van der Waals surface area contributed by atoms with Crippen LogP contribution in [0.1, 0.15) is 41.6 Å². The summed E-state index contributed by atoms with van der Waals surface area (Å²) in [7, 11) is 0. The topological polar surface area (TPSA) is 46.5 Å². The standard InChI is InChI=1S/C26H26O3/c1-18(19-11-5-2-6-12-19)29-17-22-23(20-13-7-3-8-14-20)25(26(27)28)24(22)21-15-9-4-10-16-21/h2-16,18,22-25H,17H2,1H3,(H,27,28)/t18-,22?,23-,24-,25?/m0/s1. The first-order chi connectivity index (χ1) is 14.2. The van der Waals surface area contributed by atoms with Crippen molar-refractivity contribution in [2.24, 2.45) is 11.8 Å². The fraction of sp³-hybridized carbons (Fsp3) is 0.269. The highest BCUT2D eigenvalue weighted by Gasteiger charge is 2.55. The molecule has 29 heavy (non-hydrogen) atoms. The highest BCUT2D eigenvalue weighted by Crippen LogP contribution is 2.57. The lowest BCUT2D eigenvalue weighted by atomic mass is 9.53. The lowest BCUT2D eigenvalue weighted by Gasteiger charge is -2.51. The number of hydrogen-bond acceptors (Lipinski definition) is 2. The quantitative estimate of drug-likeness (QED) is 0.570. The highest BCUT2D eigenvalue weighted by molar-refractivity contribution is 5.75. The average Bonchev–Trinajstić information content (AvgIpc) is 2.75. The summed E-state index contributed by atoms with van der Waals surface area (Å²) in [6.07, 6.45) is -0.0343. The van der Waals surface area contributed by atoms with E-state index in [9.17, 15) is 9.90 Å². The van der Waals surface area contributed by atoms with Crippen molar-refractivity contribution in [2.45, 2.75) is 24.9 Å². The molecule has 4 rings (SSSR count). The molecular formula is C26H26O3. The lowest BCUT2D eigenvalue weighted by Crippen LogP contribution is -2.49. The average molecular weight is 386 g/mol. The Balaban J connectivity index is 1.61. The smallest absolute Gasteiger partial charge is 0.307 e. The van der Waals surface area contributed by atoms with E-state index in [0.717, 1.165) is 16.7 Å². The highest BCUT2D eigenvalue weighted by atomic mass is 16.5. The Morgan fingerprint density at radius 1 is 0.828 bits per heavy atom. The molecule has 0 bridgehead atoms. The maximum atomic E-state index is 12.2. The van der Waals surface area contributed by atoms with Gasteiger partial charge in [0.25, 0.3) is 0 Å². The van der Waals surface area contributed by atoms with E-state index < -0.39 is 11.9 Å². The van der Waals surface area contributed by atoms with Crippen LogP contribution in [0, 0.1) is 11.8 Å². The van der Waals surface area contributed by atoms with E-state index in [1.807, 2.05) is 78.9 Å². The zero-order valence-corrected chi connectivity index (χ0v) is 16.5. The minimum absolute atomic E-state index is 0.0343. The Morgan fingerprint density at radius 3 is 1.72 bits per heavy atom. The molecule has 0 saturated heterocycles. The molecule has 1 aliphatic rings. The SMILES string of the molecule is C[C@H](OCC1[C@H](c2ccccc2)C(C(=O)O)[C@H]1c1ccccc1)c1ccccc1. The fourth-order valence-electron chi connectivity index (χ4n) is 4.68. The first-order valence-electron chi connectivity index (χ1n) is 10.2. The Morgan fingerprint density at radius 2 is 1.28 bits per heavy atom. The number of hydrogen-bond donors (Lipinski definition) is 1. The summed E-state index contributed by atoms with van der Waals surface area (Å²) in [5.41, 5.74) is 3.29. The number of ether oxygens (including phenoxy) is 1. The Labute approximate surface area is 172 Å². The zero-order valence-electron chi connectivity index (χ0n) is 16.5. The van der Waals surface area contributed by atoms with Gasteiger partial charge in [0.15, 0.2) is 0 Å². The largest absolute Gasteiger partial charge is 0.481 e. The molecule has 0 aliphatic heterocycles. The third-order valence-electron chi connectivity index (χ3n) is 6.16. The molecule has 0 amide bonds. The minimum Gasteiger partial charge on any atom is -0.481 e. The number of rotatable bonds is 7. The van der Waals surface area contributed by atoms with Crippen molar-refractivity contribution in [3.05, 3.63) is 108 Å². The molecule has 3 nitrogen and oxygen atoms in total. The van der Waals surface area contributed by atoms with Crippen LogP contribution in [0.5, 0.6) is 0 Å². The third kappa shape index (κ3) is 3.96. The maximum Gasteiger partial charge on any atom is 0.307 e. The summed E-state index contributed by atoms with van der Waals surface area (Å²) >= 11 is 0. The fourth-order valence-corrected chi connectivity index (χ4v) is 4.68. The van der Waals surface area contributed by atoms with E-state index in [0.29, 0.717) is 6.61 Å². The van der Waals surface area contributed by atoms with Gasteiger partial charge in [0.05, 0.1) is 18.6 Å². The Bertz CT molecular complexity index is 876. The van der Waals surface area contributed by atoms with Gasteiger partial charge >= 0.3 is 5.97 Å². The molecule has 3 atom stereocenters. The van der Waals surface area contributed by atoms with Gasteiger partial charge in [0.1, 0.15) is 0 Å². The number of carboxylic acid groups (broad SMARTS) is 1. The van der Waals surface area contributed by atoms with E-state index in [4.69, 9.17) is 4.74 Å². The van der Waals surface area contributed by atoms with E-state index >= 15 is 0 Å². The number of carboxylic acids is 1. The normalized spacial score (nSPS) is 24.4. The summed E-state index contributed by atoms with van der Waals surface area (Å²) in [5, 5.41) is 10.0. The molecule has 0 aromatic heterocycles. The molecular weight excluding hydrogens is 360 g/mol. The van der Waals surface area contributed by atoms with E-state index in [-0.39, 0.29) is 23.9 Å². The third-order valence-corrected chi connectivity index (χ3v) is 6.16. The molecule has 0 radical (unpaired) electrons. The van der Waals surface area contributed by atoms with Gasteiger partial charge in [-0.1, -0.05) is 91.0 Å². The summed E-state index contributed by atoms with van der Waals surface area (Å²) in [5.74, 6) is -1.17. The van der Waals surface area contributed by atoms with Crippen LogP contribution in [0.3, 0.4) is 0 Å². The summed E-state index contributed by atoms with van der Waals surface area (Å²) in [6.45, 7) is 2.58. The monoisotopic (exact) mass is 386 g/mol. The van der Waals surface area contributed by atoms with Crippen LogP contribution in [-0.2, 0) is 9.53 Å². The van der Waals surface area contributed by atoms with Gasteiger partial charge in [0.2, 0.25) is 0 Å². The molecule has 0 unspecified atom stereocenters. The lowest BCUT2D eigenvalue weighted by molar-refractivity contribution is -0.152. The van der Waals surface area contributed by atoms with Crippen LogP contribution >= 0.6 is 0 Å². The number of aliphatic carboxylic acids is 1. The van der Waals surface area contributed by atoms with Gasteiger partial charge < -0.3 is 9.84 Å². The van der Waals surface area contributed by atoms with Crippen LogP contribution in [0.4, 0.5) is 0 Å². The molecule has 148 valence electrons. The van der Waals surface area contributed by atoms with E-state index in [1.54, 1.807) is 0 Å². The van der Waals surface area contributed by atoms with Crippen LogP contribution in [0.25, 0.3) is 0 Å². The zero-order chi connectivity index (χ0) is 20.2. The van der Waals surface area contributed by atoms with Gasteiger partial charge in [-0.3, -0.25) is 4.79 Å². The molecule has 1 N–H and O–H groups in total. The Kier molecular flexibility index (Phi) is 5.77. The van der Waals surface area contributed by atoms with Crippen molar-refractivity contribution >= 4 is 5.97 Å². The van der Waals surface area contributed by atoms with Crippen molar-refractivity contribution in [3.8, 4) is 0 Å². The molecule has 1 fully saturated rings. The van der Waals surface area contributed by atoms with Gasteiger partial charge in [-0.2, -0.15) is 0 Å². The summed E-state index contributed by atoms with van der Waals surface area (Å²) in [6, 6.07) is 30.2. The molecule has 0 spiro atoms. The Hall–Kier alpha value is -2.91. The summed E-state index contributed by atoms with van der Waals surface area (Å²) < 4.78 is 6.27. The second-order valence-electron chi connectivity index (χ2n) is 7.79. The van der Waals surface area contributed by atoms with Crippen LogP contribution in [0.2, 0.25) is 0 Å². The van der Waals surface area contributed by atoms with Gasteiger partial charge in [-0.05, 0) is 29.5 Å². The van der Waals surface area contributed by atoms with Crippen LogP contribution in [0.15, 0.2) is 91.0 Å². The second-order valence-corrected chi connectivity index (χ2v) is 7.79. The predicted octanol–water partition coefficient (Wildman–Crippen LogP) is 5.66. The van der Waals surface area contributed by atoms with Crippen LogP contribution < -0.4 is 0 Å². The first kappa shape index (κ1) is 19.4.